The molecule has 20 heavy (non-hydrogen) atoms. The number of anilines is 1. The molecule has 3 N–H and O–H groups in total. The minimum Gasteiger partial charge on any atom is -0.479 e. The first-order chi connectivity index (χ1) is 9.23. The maximum absolute atomic E-state index is 11.7. The molecule has 1 rings (SSSR count). The average Bonchev–Trinajstić information content (AvgIpc) is 2.33. The minimum atomic E-state index is -1.15. The van der Waals surface area contributed by atoms with E-state index in [9.17, 15) is 14.7 Å². The van der Waals surface area contributed by atoms with Gasteiger partial charge in [0, 0.05) is 12.7 Å². The van der Waals surface area contributed by atoms with E-state index in [1.165, 1.54) is 0 Å². The summed E-state index contributed by atoms with van der Waals surface area (Å²) >= 11 is 0. The van der Waals surface area contributed by atoms with Crippen LogP contribution in [0.15, 0.2) is 24.3 Å². The van der Waals surface area contributed by atoms with Gasteiger partial charge in [0.25, 0.3) is 0 Å². The van der Waals surface area contributed by atoms with Gasteiger partial charge in [-0.3, -0.25) is 0 Å². The molecule has 1 aromatic carbocycles. The van der Waals surface area contributed by atoms with Crippen LogP contribution in [0, 0.1) is 0 Å². The summed E-state index contributed by atoms with van der Waals surface area (Å²) in [6, 6.07) is 5.66. The number of carbonyl (C=O) groups is 2. The molecule has 1 amide bonds. The van der Waals surface area contributed by atoms with E-state index >= 15 is 0 Å². The summed E-state index contributed by atoms with van der Waals surface area (Å²) in [7, 11) is 1.73. The molecule has 1 aromatic rings. The van der Waals surface area contributed by atoms with Crippen molar-refractivity contribution in [2.24, 2.45) is 0 Å². The van der Waals surface area contributed by atoms with Gasteiger partial charge < -0.3 is 20.5 Å². The van der Waals surface area contributed by atoms with Gasteiger partial charge in [0.2, 0.25) is 0 Å². The largest absolute Gasteiger partial charge is 0.479 e. The predicted molar refractivity (Wildman–Crippen MR) is 75.7 cm³/mol. The van der Waals surface area contributed by atoms with E-state index in [1.807, 2.05) is 0 Å². The first-order valence-electron chi connectivity index (χ1n) is 6.23. The Morgan fingerprint density at radius 3 is 2.45 bits per heavy atom. The van der Waals surface area contributed by atoms with Gasteiger partial charge in [0.15, 0.2) is 6.04 Å². The molecule has 0 aliphatic rings. The molecule has 0 aliphatic carbocycles. The van der Waals surface area contributed by atoms with Crippen molar-refractivity contribution < 1.29 is 19.4 Å². The number of carbonyl (C=O) groups excluding carboxylic acids is 1. The number of benzene rings is 1. The average molecular weight is 280 g/mol. The molecule has 6 heteroatoms. The molecule has 0 bridgehead atoms. The predicted octanol–water partition coefficient (Wildman–Crippen LogP) is 2.38. The van der Waals surface area contributed by atoms with Gasteiger partial charge in [-0.05, 0) is 38.5 Å². The van der Waals surface area contributed by atoms with Gasteiger partial charge in [-0.15, -0.1) is 0 Å². The zero-order valence-corrected chi connectivity index (χ0v) is 12.1. The second-order valence-corrected chi connectivity index (χ2v) is 5.29. The minimum absolute atomic E-state index is 0.468. The first-order valence-corrected chi connectivity index (χ1v) is 6.23. The van der Waals surface area contributed by atoms with E-state index in [2.05, 4.69) is 10.6 Å². The number of carboxylic acid groups (broad SMARTS) is 1. The summed E-state index contributed by atoms with van der Waals surface area (Å²) in [5.41, 5.74) is 0.551. The number of alkyl carbamates (subject to hydrolysis) is 1. The molecule has 0 saturated carbocycles. The number of hydrogen-bond acceptors (Lipinski definition) is 4. The molecule has 0 fully saturated rings. The smallest absolute Gasteiger partial charge is 0.408 e. The molecule has 6 nitrogen and oxygen atoms in total. The Labute approximate surface area is 118 Å². The van der Waals surface area contributed by atoms with Crippen LogP contribution < -0.4 is 10.6 Å². The van der Waals surface area contributed by atoms with Crippen LogP contribution in [0.4, 0.5) is 10.5 Å². The van der Waals surface area contributed by atoms with Gasteiger partial charge >= 0.3 is 12.1 Å². The van der Waals surface area contributed by atoms with Gasteiger partial charge in [-0.2, -0.15) is 0 Å². The Morgan fingerprint density at radius 1 is 1.30 bits per heavy atom. The van der Waals surface area contributed by atoms with Crippen molar-refractivity contribution in [3.8, 4) is 0 Å². The summed E-state index contributed by atoms with van der Waals surface area (Å²) in [6.45, 7) is 5.14. The molecule has 0 aliphatic heterocycles. The molecular weight excluding hydrogens is 260 g/mol. The zero-order valence-electron chi connectivity index (χ0n) is 12.1. The van der Waals surface area contributed by atoms with E-state index in [0.29, 0.717) is 5.56 Å². The van der Waals surface area contributed by atoms with Gasteiger partial charge in [-0.1, -0.05) is 12.1 Å². The van der Waals surface area contributed by atoms with Crippen molar-refractivity contribution in [3.63, 3.8) is 0 Å². The fourth-order valence-corrected chi connectivity index (χ4v) is 1.59. The van der Waals surface area contributed by atoms with Crippen LogP contribution in [-0.4, -0.2) is 29.8 Å². The van der Waals surface area contributed by atoms with Crippen LogP contribution in [-0.2, 0) is 9.53 Å². The second-order valence-electron chi connectivity index (χ2n) is 5.29. The lowest BCUT2D eigenvalue weighted by molar-refractivity contribution is -0.139. The zero-order chi connectivity index (χ0) is 15.3. The van der Waals surface area contributed by atoms with Crippen LogP contribution in [0.1, 0.15) is 32.4 Å². The third-order valence-electron chi connectivity index (χ3n) is 2.42. The Balaban J connectivity index is 2.89. The molecule has 110 valence electrons. The highest BCUT2D eigenvalue weighted by Crippen LogP contribution is 2.18. The molecule has 0 spiro atoms. The molecule has 0 radical (unpaired) electrons. The number of aliphatic carboxylic acids is 1. The van der Waals surface area contributed by atoms with E-state index in [-0.39, 0.29) is 0 Å². The van der Waals surface area contributed by atoms with Crippen molar-refractivity contribution in [1.82, 2.24) is 5.32 Å². The lowest BCUT2D eigenvalue weighted by Gasteiger charge is -2.22. The van der Waals surface area contributed by atoms with Crippen LogP contribution in [0.25, 0.3) is 0 Å². The summed E-state index contributed by atoms with van der Waals surface area (Å²) in [4.78, 5) is 23.0. The van der Waals surface area contributed by atoms with Crippen molar-refractivity contribution >= 4 is 17.7 Å². The molecule has 0 heterocycles. The summed E-state index contributed by atoms with van der Waals surface area (Å²) < 4.78 is 5.07. The Bertz CT molecular complexity index is 494. The second kappa shape index (κ2) is 6.27. The fourth-order valence-electron chi connectivity index (χ4n) is 1.59. The van der Waals surface area contributed by atoms with Crippen LogP contribution in [0.3, 0.4) is 0 Å². The van der Waals surface area contributed by atoms with Crippen LogP contribution in [0.2, 0.25) is 0 Å². The third kappa shape index (κ3) is 4.79. The number of carboxylic acids is 1. The molecule has 0 saturated heterocycles. The fraction of sp³-hybridized carbons (Fsp3) is 0.429. The lowest BCUT2D eigenvalue weighted by atomic mass is 10.1. The van der Waals surface area contributed by atoms with E-state index in [4.69, 9.17) is 4.74 Å². The number of rotatable bonds is 4. The van der Waals surface area contributed by atoms with E-state index < -0.39 is 23.7 Å². The SMILES string of the molecule is CNc1cccc(C(NC(=O)OC(C)(C)C)C(=O)O)c1. The van der Waals surface area contributed by atoms with Gasteiger partial charge in [-0.25, -0.2) is 9.59 Å². The maximum atomic E-state index is 11.7. The number of hydrogen-bond donors (Lipinski definition) is 3. The standard InChI is InChI=1S/C14H20N2O4/c1-14(2,3)20-13(19)16-11(12(17)18)9-6-5-7-10(8-9)15-4/h5-8,11,15H,1-4H3,(H,16,19)(H,17,18). The van der Waals surface area contributed by atoms with Crippen molar-refractivity contribution in [1.29, 1.82) is 0 Å². The van der Waals surface area contributed by atoms with Crippen molar-refractivity contribution in [2.45, 2.75) is 32.4 Å². The maximum Gasteiger partial charge on any atom is 0.408 e. The van der Waals surface area contributed by atoms with Crippen molar-refractivity contribution in [3.05, 3.63) is 29.8 Å². The molecular formula is C14H20N2O4. The summed E-state index contributed by atoms with van der Waals surface area (Å²) in [6.07, 6.45) is -0.764. The quantitative estimate of drug-likeness (QED) is 0.788. The van der Waals surface area contributed by atoms with E-state index in [1.54, 1.807) is 52.1 Å². The number of ether oxygens (including phenoxy) is 1. The monoisotopic (exact) mass is 280 g/mol. The first kappa shape index (κ1) is 15.8. The Kier molecular flexibility index (Phi) is 4.96. The van der Waals surface area contributed by atoms with Gasteiger partial charge in [0.05, 0.1) is 0 Å². The Morgan fingerprint density at radius 2 is 1.95 bits per heavy atom. The highest BCUT2D eigenvalue weighted by Gasteiger charge is 2.25. The number of amides is 1. The van der Waals surface area contributed by atoms with Crippen molar-refractivity contribution in [2.75, 3.05) is 12.4 Å². The molecule has 1 atom stereocenters. The number of nitrogens with one attached hydrogen (secondary N) is 2. The van der Waals surface area contributed by atoms with Crippen LogP contribution in [0.5, 0.6) is 0 Å². The third-order valence-corrected chi connectivity index (χ3v) is 2.42. The lowest BCUT2D eigenvalue weighted by Crippen LogP contribution is -2.38. The molecule has 1 unspecified atom stereocenters. The molecule has 0 aromatic heterocycles. The topological polar surface area (TPSA) is 87.7 Å². The highest BCUT2D eigenvalue weighted by molar-refractivity contribution is 5.81. The normalized spacial score (nSPS) is 12.4. The van der Waals surface area contributed by atoms with Crippen LogP contribution >= 0.6 is 0 Å². The summed E-state index contributed by atoms with van der Waals surface area (Å²) in [5, 5.41) is 14.5. The summed E-state index contributed by atoms with van der Waals surface area (Å²) in [5.74, 6) is -1.15. The highest BCUT2D eigenvalue weighted by atomic mass is 16.6. The Hall–Kier alpha value is -2.24. The van der Waals surface area contributed by atoms with Gasteiger partial charge in [0.1, 0.15) is 5.60 Å². The van der Waals surface area contributed by atoms with E-state index in [0.717, 1.165) is 5.69 Å².